The summed E-state index contributed by atoms with van der Waals surface area (Å²) in [5.41, 5.74) is 2.75. The molecule has 0 aliphatic carbocycles. The van der Waals surface area contributed by atoms with Crippen LogP contribution in [0.1, 0.15) is 10.5 Å². The van der Waals surface area contributed by atoms with Crippen LogP contribution < -0.4 is 0 Å². The second kappa shape index (κ2) is 4.24. The Morgan fingerprint density at radius 3 is 2.67 bits per heavy atom. The summed E-state index contributed by atoms with van der Waals surface area (Å²) in [6.45, 7) is 0. The number of H-pyrrole nitrogens is 1. The molecule has 4 heteroatoms. The van der Waals surface area contributed by atoms with Crippen molar-refractivity contribution in [2.24, 2.45) is 0 Å². The standard InChI is InChI=1S/C17H11NO3/c19-17(20)14-8-12-7-11(5-6-13(12)18-14)16-9-10-3-1-2-4-15(10)21-16/h1-9,18H,(H,19,20). The number of aromatic carboxylic acids is 1. The van der Waals surface area contributed by atoms with Gasteiger partial charge in [0.2, 0.25) is 0 Å². The Hall–Kier alpha value is -3.01. The van der Waals surface area contributed by atoms with Crippen LogP contribution in [0.5, 0.6) is 0 Å². The van der Waals surface area contributed by atoms with Gasteiger partial charge in [-0.05, 0) is 36.4 Å². The monoisotopic (exact) mass is 277 g/mol. The van der Waals surface area contributed by atoms with Crippen LogP contribution in [-0.4, -0.2) is 16.1 Å². The van der Waals surface area contributed by atoms with Crippen molar-refractivity contribution in [2.75, 3.05) is 0 Å². The zero-order valence-electron chi connectivity index (χ0n) is 11.0. The Bertz CT molecular complexity index is 945. The highest BCUT2D eigenvalue weighted by atomic mass is 16.4. The van der Waals surface area contributed by atoms with E-state index in [0.717, 1.165) is 33.2 Å². The van der Waals surface area contributed by atoms with Crippen molar-refractivity contribution in [1.29, 1.82) is 0 Å². The van der Waals surface area contributed by atoms with Crippen molar-refractivity contribution in [3.05, 3.63) is 60.3 Å². The first-order chi connectivity index (χ1) is 10.2. The molecule has 0 saturated carbocycles. The molecule has 0 aliphatic rings. The number of nitrogens with one attached hydrogen (secondary N) is 1. The summed E-state index contributed by atoms with van der Waals surface area (Å²) in [4.78, 5) is 13.9. The van der Waals surface area contributed by atoms with E-state index in [9.17, 15) is 4.79 Å². The van der Waals surface area contributed by atoms with Gasteiger partial charge in [-0.25, -0.2) is 4.79 Å². The van der Waals surface area contributed by atoms with E-state index in [1.165, 1.54) is 0 Å². The highest BCUT2D eigenvalue weighted by Crippen LogP contribution is 2.30. The van der Waals surface area contributed by atoms with E-state index in [0.29, 0.717) is 0 Å². The molecule has 0 radical (unpaired) electrons. The highest BCUT2D eigenvalue weighted by molar-refractivity contribution is 5.95. The van der Waals surface area contributed by atoms with Crippen LogP contribution in [0.15, 0.2) is 59.0 Å². The first-order valence-corrected chi connectivity index (χ1v) is 6.56. The number of para-hydroxylation sites is 1. The SMILES string of the molecule is O=C(O)c1cc2cc(-c3cc4ccccc4o3)ccc2[nH]1. The molecule has 0 aliphatic heterocycles. The number of fused-ring (bicyclic) bond motifs is 2. The van der Waals surface area contributed by atoms with Crippen LogP contribution in [0.2, 0.25) is 0 Å². The van der Waals surface area contributed by atoms with Gasteiger partial charge < -0.3 is 14.5 Å². The van der Waals surface area contributed by atoms with Gasteiger partial charge in [0.25, 0.3) is 0 Å². The van der Waals surface area contributed by atoms with E-state index in [-0.39, 0.29) is 5.69 Å². The molecule has 0 fully saturated rings. The Kier molecular flexibility index (Phi) is 2.38. The number of hydrogen-bond acceptors (Lipinski definition) is 2. The normalized spacial score (nSPS) is 11.2. The van der Waals surface area contributed by atoms with E-state index in [4.69, 9.17) is 9.52 Å². The number of carboxylic acid groups (broad SMARTS) is 1. The van der Waals surface area contributed by atoms with Crippen LogP contribution in [0.25, 0.3) is 33.2 Å². The van der Waals surface area contributed by atoms with E-state index in [1.807, 2.05) is 48.5 Å². The van der Waals surface area contributed by atoms with E-state index < -0.39 is 5.97 Å². The van der Waals surface area contributed by atoms with Crippen LogP contribution in [-0.2, 0) is 0 Å². The van der Waals surface area contributed by atoms with Crippen molar-refractivity contribution in [3.63, 3.8) is 0 Å². The molecule has 0 spiro atoms. The third kappa shape index (κ3) is 1.89. The smallest absolute Gasteiger partial charge is 0.352 e. The molecule has 2 heterocycles. The summed E-state index contributed by atoms with van der Waals surface area (Å²) >= 11 is 0. The number of rotatable bonds is 2. The minimum atomic E-state index is -0.962. The van der Waals surface area contributed by atoms with Crippen LogP contribution in [0.3, 0.4) is 0 Å². The molecule has 2 aromatic heterocycles. The van der Waals surface area contributed by atoms with Crippen molar-refractivity contribution in [3.8, 4) is 11.3 Å². The molecule has 0 saturated heterocycles. The maximum Gasteiger partial charge on any atom is 0.352 e. The number of benzene rings is 2. The van der Waals surface area contributed by atoms with Gasteiger partial charge in [0.15, 0.2) is 0 Å². The summed E-state index contributed by atoms with van der Waals surface area (Å²) < 4.78 is 5.83. The summed E-state index contributed by atoms with van der Waals surface area (Å²) in [5, 5.41) is 10.9. The summed E-state index contributed by atoms with van der Waals surface area (Å²) in [5.74, 6) is -0.187. The Labute approximate surface area is 119 Å². The van der Waals surface area contributed by atoms with Gasteiger partial charge in [-0.15, -0.1) is 0 Å². The van der Waals surface area contributed by atoms with Crippen molar-refractivity contribution in [1.82, 2.24) is 4.98 Å². The highest BCUT2D eigenvalue weighted by Gasteiger charge is 2.10. The molecule has 2 aromatic carbocycles. The largest absolute Gasteiger partial charge is 0.477 e. The quantitative estimate of drug-likeness (QED) is 0.574. The van der Waals surface area contributed by atoms with Crippen LogP contribution in [0, 0.1) is 0 Å². The lowest BCUT2D eigenvalue weighted by Gasteiger charge is -1.96. The van der Waals surface area contributed by atoms with Crippen LogP contribution in [0.4, 0.5) is 0 Å². The predicted molar refractivity (Wildman–Crippen MR) is 80.5 cm³/mol. The van der Waals surface area contributed by atoms with Crippen LogP contribution >= 0.6 is 0 Å². The first kappa shape index (κ1) is 11.8. The average molecular weight is 277 g/mol. The predicted octanol–water partition coefficient (Wildman–Crippen LogP) is 4.28. The topological polar surface area (TPSA) is 66.2 Å². The van der Waals surface area contributed by atoms with Gasteiger partial charge in [-0.1, -0.05) is 18.2 Å². The van der Waals surface area contributed by atoms with E-state index >= 15 is 0 Å². The third-order valence-electron chi connectivity index (χ3n) is 3.56. The molecule has 4 rings (SSSR count). The van der Waals surface area contributed by atoms with E-state index in [2.05, 4.69) is 4.98 Å². The maximum atomic E-state index is 11.0. The molecule has 0 bridgehead atoms. The molecule has 102 valence electrons. The van der Waals surface area contributed by atoms with Gasteiger partial charge in [-0.2, -0.15) is 0 Å². The second-order valence-corrected chi connectivity index (χ2v) is 4.94. The number of furan rings is 1. The first-order valence-electron chi connectivity index (χ1n) is 6.56. The van der Waals surface area contributed by atoms with Gasteiger partial charge in [-0.3, -0.25) is 0 Å². The Balaban J connectivity index is 1.87. The molecular formula is C17H11NO3. The van der Waals surface area contributed by atoms with Gasteiger partial charge in [0.05, 0.1) is 0 Å². The zero-order valence-corrected chi connectivity index (χ0v) is 11.0. The van der Waals surface area contributed by atoms with Crippen molar-refractivity contribution >= 4 is 27.8 Å². The lowest BCUT2D eigenvalue weighted by atomic mass is 10.1. The number of aromatic amines is 1. The second-order valence-electron chi connectivity index (χ2n) is 4.94. The minimum Gasteiger partial charge on any atom is -0.477 e. The lowest BCUT2D eigenvalue weighted by Crippen LogP contribution is -1.94. The zero-order chi connectivity index (χ0) is 14.4. The fraction of sp³-hybridized carbons (Fsp3) is 0. The fourth-order valence-electron chi connectivity index (χ4n) is 2.53. The molecule has 21 heavy (non-hydrogen) atoms. The lowest BCUT2D eigenvalue weighted by molar-refractivity contribution is 0.0691. The fourth-order valence-corrected chi connectivity index (χ4v) is 2.53. The van der Waals surface area contributed by atoms with Gasteiger partial charge >= 0.3 is 5.97 Å². The Morgan fingerprint density at radius 2 is 1.86 bits per heavy atom. The maximum absolute atomic E-state index is 11.0. The number of aromatic nitrogens is 1. The summed E-state index contributed by atoms with van der Waals surface area (Å²) in [6, 6.07) is 17.2. The van der Waals surface area contributed by atoms with Crippen molar-refractivity contribution < 1.29 is 14.3 Å². The third-order valence-corrected chi connectivity index (χ3v) is 3.56. The number of carboxylic acids is 1. The van der Waals surface area contributed by atoms with Crippen molar-refractivity contribution in [2.45, 2.75) is 0 Å². The van der Waals surface area contributed by atoms with Gasteiger partial charge in [0, 0.05) is 21.9 Å². The summed E-state index contributed by atoms with van der Waals surface area (Å²) in [7, 11) is 0. The molecule has 0 amide bonds. The number of hydrogen-bond donors (Lipinski definition) is 2. The molecule has 0 atom stereocenters. The number of carbonyl (C=O) groups is 1. The average Bonchev–Trinajstić information content (AvgIpc) is 3.10. The molecular weight excluding hydrogens is 266 g/mol. The van der Waals surface area contributed by atoms with Gasteiger partial charge in [0.1, 0.15) is 17.0 Å². The summed E-state index contributed by atoms with van der Waals surface area (Å²) in [6.07, 6.45) is 0. The minimum absolute atomic E-state index is 0.187. The molecule has 4 nitrogen and oxygen atoms in total. The molecule has 2 N–H and O–H groups in total. The Morgan fingerprint density at radius 1 is 1.00 bits per heavy atom. The molecule has 4 aromatic rings. The molecule has 0 unspecified atom stereocenters. The van der Waals surface area contributed by atoms with E-state index in [1.54, 1.807) is 6.07 Å².